The molecular weight excluding hydrogens is 242 g/mol. The highest BCUT2D eigenvalue weighted by molar-refractivity contribution is 5.96. The van der Waals surface area contributed by atoms with E-state index in [0.29, 0.717) is 24.6 Å². The molecule has 1 aliphatic rings. The van der Waals surface area contributed by atoms with E-state index in [9.17, 15) is 4.79 Å². The van der Waals surface area contributed by atoms with Crippen LogP contribution in [0.25, 0.3) is 0 Å². The fourth-order valence-corrected chi connectivity index (χ4v) is 2.22. The zero-order chi connectivity index (χ0) is 14.0. The third-order valence-corrected chi connectivity index (χ3v) is 3.50. The molecule has 19 heavy (non-hydrogen) atoms. The average Bonchev–Trinajstić information content (AvgIpc) is 2.66. The van der Waals surface area contributed by atoms with Gasteiger partial charge in [0.2, 0.25) is 5.91 Å². The van der Waals surface area contributed by atoms with Crippen molar-refractivity contribution in [2.45, 2.75) is 20.4 Å². The molecule has 1 amide bonds. The van der Waals surface area contributed by atoms with Crippen LogP contribution in [0.2, 0.25) is 0 Å². The Labute approximate surface area is 113 Å². The third kappa shape index (κ3) is 2.57. The Hall–Kier alpha value is -1.97. The highest BCUT2D eigenvalue weighted by Crippen LogP contribution is 2.29. The summed E-state index contributed by atoms with van der Waals surface area (Å²) in [6, 6.07) is 5.73. The van der Waals surface area contributed by atoms with Crippen molar-refractivity contribution >= 4 is 5.91 Å². The molecule has 0 saturated heterocycles. The number of hydrogen-bond donors (Lipinski definition) is 0. The highest BCUT2D eigenvalue weighted by Gasteiger charge is 2.24. The Balaban J connectivity index is 2.15. The standard InChI is InChI=1S/C15H19NO3/c1-10-8-16(15(17)11(10)2)9-12-5-6-13(18-3)14(7-12)19-4/h5-7H,8-9H2,1-4H3. The molecule has 102 valence electrons. The van der Waals surface area contributed by atoms with Crippen molar-refractivity contribution in [3.05, 3.63) is 34.9 Å². The van der Waals surface area contributed by atoms with Gasteiger partial charge in [-0.25, -0.2) is 0 Å². The second kappa shape index (κ2) is 5.34. The number of carbonyl (C=O) groups excluding carboxylic acids is 1. The third-order valence-electron chi connectivity index (χ3n) is 3.50. The fourth-order valence-electron chi connectivity index (χ4n) is 2.22. The number of carbonyl (C=O) groups is 1. The van der Waals surface area contributed by atoms with E-state index in [1.807, 2.05) is 36.9 Å². The second-order valence-corrected chi connectivity index (χ2v) is 4.76. The van der Waals surface area contributed by atoms with Gasteiger partial charge in [-0.3, -0.25) is 4.79 Å². The SMILES string of the molecule is COc1ccc(CN2CC(C)=C(C)C2=O)cc1OC. The van der Waals surface area contributed by atoms with E-state index in [1.54, 1.807) is 14.2 Å². The van der Waals surface area contributed by atoms with Gasteiger partial charge in [0.05, 0.1) is 14.2 Å². The Morgan fingerprint density at radius 3 is 2.37 bits per heavy atom. The number of benzene rings is 1. The predicted octanol–water partition coefficient (Wildman–Crippen LogP) is 2.38. The summed E-state index contributed by atoms with van der Waals surface area (Å²) in [5.74, 6) is 1.50. The molecule has 0 bridgehead atoms. The number of ether oxygens (including phenoxy) is 2. The minimum atomic E-state index is 0.118. The molecule has 1 aliphatic heterocycles. The monoisotopic (exact) mass is 261 g/mol. The predicted molar refractivity (Wildman–Crippen MR) is 73.3 cm³/mol. The maximum atomic E-state index is 12.0. The fraction of sp³-hybridized carbons (Fsp3) is 0.400. The average molecular weight is 261 g/mol. The Kier molecular flexibility index (Phi) is 3.79. The molecule has 0 unspecified atom stereocenters. The zero-order valence-electron chi connectivity index (χ0n) is 11.8. The Morgan fingerprint density at radius 2 is 1.84 bits per heavy atom. The molecule has 0 spiro atoms. The summed E-state index contributed by atoms with van der Waals surface area (Å²) in [5.41, 5.74) is 3.04. The first-order valence-corrected chi connectivity index (χ1v) is 6.23. The van der Waals surface area contributed by atoms with Gasteiger partial charge in [0.15, 0.2) is 11.5 Å². The van der Waals surface area contributed by atoms with Gasteiger partial charge in [-0.1, -0.05) is 6.07 Å². The minimum Gasteiger partial charge on any atom is -0.493 e. The van der Waals surface area contributed by atoms with Crippen LogP contribution in [0.1, 0.15) is 19.4 Å². The molecular formula is C15H19NO3. The van der Waals surface area contributed by atoms with Gasteiger partial charge in [-0.2, -0.15) is 0 Å². The smallest absolute Gasteiger partial charge is 0.250 e. The molecule has 1 heterocycles. The summed E-state index contributed by atoms with van der Waals surface area (Å²) in [6.45, 7) is 5.18. The molecule has 0 atom stereocenters. The number of rotatable bonds is 4. The van der Waals surface area contributed by atoms with Crippen molar-refractivity contribution in [1.29, 1.82) is 0 Å². The largest absolute Gasteiger partial charge is 0.493 e. The Morgan fingerprint density at radius 1 is 1.16 bits per heavy atom. The van der Waals surface area contributed by atoms with Crippen molar-refractivity contribution < 1.29 is 14.3 Å². The first-order valence-electron chi connectivity index (χ1n) is 6.23. The molecule has 0 N–H and O–H groups in total. The van der Waals surface area contributed by atoms with Crippen molar-refractivity contribution in [2.24, 2.45) is 0 Å². The van der Waals surface area contributed by atoms with Crippen molar-refractivity contribution in [3.63, 3.8) is 0 Å². The van der Waals surface area contributed by atoms with E-state index in [0.717, 1.165) is 16.7 Å². The van der Waals surface area contributed by atoms with Gasteiger partial charge in [-0.05, 0) is 37.1 Å². The zero-order valence-corrected chi connectivity index (χ0v) is 11.8. The van der Waals surface area contributed by atoms with E-state index < -0.39 is 0 Å². The van der Waals surface area contributed by atoms with Gasteiger partial charge in [-0.15, -0.1) is 0 Å². The van der Waals surface area contributed by atoms with Crippen LogP contribution in [0.15, 0.2) is 29.3 Å². The summed E-state index contributed by atoms with van der Waals surface area (Å²) in [6.07, 6.45) is 0. The van der Waals surface area contributed by atoms with Gasteiger partial charge < -0.3 is 14.4 Å². The molecule has 4 nitrogen and oxygen atoms in total. The minimum absolute atomic E-state index is 0.118. The summed E-state index contributed by atoms with van der Waals surface area (Å²) >= 11 is 0. The lowest BCUT2D eigenvalue weighted by Gasteiger charge is -2.17. The summed E-state index contributed by atoms with van der Waals surface area (Å²) in [4.78, 5) is 13.8. The van der Waals surface area contributed by atoms with Crippen LogP contribution < -0.4 is 9.47 Å². The van der Waals surface area contributed by atoms with Crippen LogP contribution in [0.3, 0.4) is 0 Å². The van der Waals surface area contributed by atoms with Gasteiger partial charge >= 0.3 is 0 Å². The van der Waals surface area contributed by atoms with E-state index in [2.05, 4.69) is 0 Å². The summed E-state index contributed by atoms with van der Waals surface area (Å²) in [7, 11) is 3.22. The lowest BCUT2D eigenvalue weighted by Crippen LogP contribution is -2.26. The highest BCUT2D eigenvalue weighted by atomic mass is 16.5. The van der Waals surface area contributed by atoms with Crippen LogP contribution in [-0.2, 0) is 11.3 Å². The number of methoxy groups -OCH3 is 2. The molecule has 4 heteroatoms. The molecule has 0 radical (unpaired) electrons. The maximum absolute atomic E-state index is 12.0. The molecule has 0 fully saturated rings. The first kappa shape index (κ1) is 13.5. The van der Waals surface area contributed by atoms with Crippen molar-refractivity contribution in [3.8, 4) is 11.5 Å². The lowest BCUT2D eigenvalue weighted by molar-refractivity contribution is -0.125. The molecule has 1 aromatic rings. The lowest BCUT2D eigenvalue weighted by atomic mass is 10.2. The second-order valence-electron chi connectivity index (χ2n) is 4.76. The van der Waals surface area contributed by atoms with Crippen LogP contribution in [0, 0.1) is 0 Å². The van der Waals surface area contributed by atoms with Crippen LogP contribution >= 0.6 is 0 Å². The Bertz CT molecular complexity index is 534. The van der Waals surface area contributed by atoms with Gasteiger partial charge in [0.25, 0.3) is 0 Å². The summed E-state index contributed by atoms with van der Waals surface area (Å²) < 4.78 is 10.5. The molecule has 0 aromatic heterocycles. The topological polar surface area (TPSA) is 38.8 Å². The van der Waals surface area contributed by atoms with Crippen LogP contribution in [0.4, 0.5) is 0 Å². The first-order chi connectivity index (χ1) is 9.06. The van der Waals surface area contributed by atoms with Gasteiger partial charge in [0.1, 0.15) is 0 Å². The quantitative estimate of drug-likeness (QED) is 0.835. The number of amides is 1. The number of hydrogen-bond acceptors (Lipinski definition) is 3. The number of nitrogens with zero attached hydrogens (tertiary/aromatic N) is 1. The summed E-state index contributed by atoms with van der Waals surface area (Å²) in [5, 5.41) is 0. The van der Waals surface area contributed by atoms with E-state index in [-0.39, 0.29) is 5.91 Å². The molecule has 2 rings (SSSR count). The van der Waals surface area contributed by atoms with E-state index in [1.165, 1.54) is 0 Å². The maximum Gasteiger partial charge on any atom is 0.250 e. The van der Waals surface area contributed by atoms with E-state index in [4.69, 9.17) is 9.47 Å². The normalized spacial score (nSPS) is 15.2. The van der Waals surface area contributed by atoms with Crippen LogP contribution in [0.5, 0.6) is 11.5 Å². The van der Waals surface area contributed by atoms with Crippen molar-refractivity contribution in [1.82, 2.24) is 4.90 Å². The van der Waals surface area contributed by atoms with E-state index >= 15 is 0 Å². The van der Waals surface area contributed by atoms with Crippen molar-refractivity contribution in [2.75, 3.05) is 20.8 Å². The molecule has 0 saturated carbocycles. The molecule has 1 aromatic carbocycles. The van der Waals surface area contributed by atoms with Crippen LogP contribution in [-0.4, -0.2) is 31.6 Å². The molecule has 0 aliphatic carbocycles. The van der Waals surface area contributed by atoms with Gasteiger partial charge in [0, 0.05) is 18.7 Å².